The number of nitrogens with zero attached hydrogens (tertiary/aromatic N) is 3. The van der Waals surface area contributed by atoms with Gasteiger partial charge in [0.25, 0.3) is 0 Å². The maximum absolute atomic E-state index is 5.66. The van der Waals surface area contributed by atoms with Gasteiger partial charge in [-0.1, -0.05) is 12.2 Å². The molecule has 2 aliphatic rings. The minimum atomic E-state index is -0.105. The molecule has 128 valence electrons. The molecule has 6 heteroatoms. The Bertz CT molecular complexity index is 518. The Morgan fingerprint density at radius 3 is 2.61 bits per heavy atom. The molecule has 2 heterocycles. The topological polar surface area (TPSA) is 37.8 Å². The van der Waals surface area contributed by atoms with Crippen LogP contribution >= 0.6 is 11.5 Å². The number of anilines is 1. The standard InChI is InChI=1S/C17H27N3O2S/c1-3-21-16(22-4-2)13-19-9-11-20(12-10-19)17-14-7-5-6-8-15(14)23-18-17/h5,7,16H,3-4,6,8-13H2,1-2H3. The number of rotatable bonds is 7. The zero-order valence-electron chi connectivity index (χ0n) is 14.2. The van der Waals surface area contributed by atoms with Gasteiger partial charge in [-0.15, -0.1) is 0 Å². The number of aryl methyl sites for hydroxylation is 1. The van der Waals surface area contributed by atoms with E-state index in [1.165, 1.54) is 16.3 Å². The Labute approximate surface area is 143 Å². The van der Waals surface area contributed by atoms with Gasteiger partial charge in [-0.2, -0.15) is 4.37 Å². The van der Waals surface area contributed by atoms with Gasteiger partial charge >= 0.3 is 0 Å². The van der Waals surface area contributed by atoms with Crippen molar-refractivity contribution >= 4 is 23.4 Å². The molecule has 1 fully saturated rings. The minimum Gasteiger partial charge on any atom is -0.353 e. The molecule has 0 radical (unpaired) electrons. The Morgan fingerprint density at radius 1 is 1.17 bits per heavy atom. The van der Waals surface area contributed by atoms with Crippen molar-refractivity contribution in [3.63, 3.8) is 0 Å². The van der Waals surface area contributed by atoms with Crippen LogP contribution in [0.2, 0.25) is 0 Å². The second-order valence-electron chi connectivity index (χ2n) is 5.91. The molecule has 1 aromatic rings. The molecule has 3 rings (SSSR count). The van der Waals surface area contributed by atoms with Gasteiger partial charge < -0.3 is 14.4 Å². The van der Waals surface area contributed by atoms with Crippen molar-refractivity contribution in [3.8, 4) is 0 Å². The van der Waals surface area contributed by atoms with Crippen LogP contribution in [0.5, 0.6) is 0 Å². The predicted molar refractivity (Wildman–Crippen MR) is 95.2 cm³/mol. The molecule has 1 saturated heterocycles. The number of hydrogen-bond acceptors (Lipinski definition) is 6. The lowest BCUT2D eigenvalue weighted by Crippen LogP contribution is -2.49. The summed E-state index contributed by atoms with van der Waals surface area (Å²) in [5.41, 5.74) is 1.36. The highest BCUT2D eigenvalue weighted by molar-refractivity contribution is 7.06. The molecule has 0 N–H and O–H groups in total. The third-order valence-corrected chi connectivity index (χ3v) is 5.30. The highest BCUT2D eigenvalue weighted by Crippen LogP contribution is 2.32. The van der Waals surface area contributed by atoms with Crippen molar-refractivity contribution in [2.75, 3.05) is 50.8 Å². The predicted octanol–water partition coefficient (Wildman–Crippen LogP) is 2.62. The SMILES string of the molecule is CCOC(CN1CCN(c2nsc3c2C=CCC3)CC1)OCC. The van der Waals surface area contributed by atoms with Crippen LogP contribution in [0.25, 0.3) is 6.08 Å². The average molecular weight is 337 g/mol. The van der Waals surface area contributed by atoms with Crippen molar-refractivity contribution in [1.29, 1.82) is 0 Å². The van der Waals surface area contributed by atoms with Crippen molar-refractivity contribution in [2.24, 2.45) is 0 Å². The Balaban J connectivity index is 1.54. The summed E-state index contributed by atoms with van der Waals surface area (Å²) >= 11 is 1.67. The van der Waals surface area contributed by atoms with Crippen LogP contribution in [-0.2, 0) is 15.9 Å². The van der Waals surface area contributed by atoms with Crippen LogP contribution in [0, 0.1) is 0 Å². The summed E-state index contributed by atoms with van der Waals surface area (Å²) < 4.78 is 16.0. The summed E-state index contributed by atoms with van der Waals surface area (Å²) in [6, 6.07) is 0. The van der Waals surface area contributed by atoms with E-state index in [0.29, 0.717) is 13.2 Å². The number of piperazine rings is 1. The van der Waals surface area contributed by atoms with E-state index in [4.69, 9.17) is 13.8 Å². The fraction of sp³-hybridized carbons (Fsp3) is 0.706. The molecule has 1 aromatic heterocycles. The maximum atomic E-state index is 5.66. The molecule has 0 bridgehead atoms. The van der Waals surface area contributed by atoms with Crippen LogP contribution in [0.1, 0.15) is 30.7 Å². The second-order valence-corrected chi connectivity index (χ2v) is 6.77. The van der Waals surface area contributed by atoms with Crippen LogP contribution in [0.4, 0.5) is 5.82 Å². The van der Waals surface area contributed by atoms with E-state index in [1.54, 1.807) is 11.5 Å². The fourth-order valence-corrected chi connectivity index (χ4v) is 4.07. The third kappa shape index (κ3) is 4.12. The van der Waals surface area contributed by atoms with E-state index >= 15 is 0 Å². The maximum Gasteiger partial charge on any atom is 0.170 e. The summed E-state index contributed by atoms with van der Waals surface area (Å²) in [7, 11) is 0. The average Bonchev–Trinajstić information content (AvgIpc) is 3.00. The van der Waals surface area contributed by atoms with Gasteiger partial charge in [0.1, 0.15) is 5.82 Å². The molecular weight excluding hydrogens is 310 g/mol. The van der Waals surface area contributed by atoms with Crippen molar-refractivity contribution in [3.05, 3.63) is 16.5 Å². The smallest absolute Gasteiger partial charge is 0.170 e. The Morgan fingerprint density at radius 2 is 1.91 bits per heavy atom. The molecular formula is C17H27N3O2S. The number of hydrogen-bond donors (Lipinski definition) is 0. The van der Waals surface area contributed by atoms with Crippen molar-refractivity contribution in [1.82, 2.24) is 9.27 Å². The van der Waals surface area contributed by atoms with Gasteiger partial charge in [0, 0.05) is 56.4 Å². The van der Waals surface area contributed by atoms with E-state index in [1.807, 2.05) is 13.8 Å². The van der Waals surface area contributed by atoms with Crippen LogP contribution in [0.15, 0.2) is 6.08 Å². The zero-order chi connectivity index (χ0) is 16.1. The molecule has 1 aliphatic carbocycles. The van der Waals surface area contributed by atoms with Gasteiger partial charge in [-0.3, -0.25) is 4.90 Å². The lowest BCUT2D eigenvalue weighted by Gasteiger charge is -2.36. The van der Waals surface area contributed by atoms with Gasteiger partial charge in [0.15, 0.2) is 6.29 Å². The normalized spacial score (nSPS) is 18.7. The van der Waals surface area contributed by atoms with Crippen molar-refractivity contribution < 1.29 is 9.47 Å². The van der Waals surface area contributed by atoms with E-state index in [0.717, 1.165) is 45.6 Å². The lowest BCUT2D eigenvalue weighted by molar-refractivity contribution is -0.147. The molecule has 5 nitrogen and oxygen atoms in total. The van der Waals surface area contributed by atoms with Gasteiger partial charge in [0.2, 0.25) is 0 Å². The highest BCUT2D eigenvalue weighted by Gasteiger charge is 2.24. The molecule has 0 amide bonds. The van der Waals surface area contributed by atoms with E-state index in [2.05, 4.69) is 22.0 Å². The molecule has 0 saturated carbocycles. The quantitative estimate of drug-likeness (QED) is 0.715. The van der Waals surface area contributed by atoms with Crippen LogP contribution in [-0.4, -0.2) is 61.5 Å². The number of ether oxygens (including phenoxy) is 2. The molecule has 1 aliphatic heterocycles. The minimum absolute atomic E-state index is 0.105. The first kappa shape index (κ1) is 16.9. The van der Waals surface area contributed by atoms with E-state index in [-0.39, 0.29) is 6.29 Å². The van der Waals surface area contributed by atoms with Crippen molar-refractivity contribution in [2.45, 2.75) is 33.0 Å². The molecule has 0 aromatic carbocycles. The highest BCUT2D eigenvalue weighted by atomic mass is 32.1. The zero-order valence-corrected chi connectivity index (χ0v) is 15.0. The first-order valence-electron chi connectivity index (χ1n) is 8.67. The number of allylic oxidation sites excluding steroid dienone is 1. The summed E-state index contributed by atoms with van der Waals surface area (Å²) in [6.45, 7) is 10.4. The fourth-order valence-electron chi connectivity index (χ4n) is 3.19. The van der Waals surface area contributed by atoms with Gasteiger partial charge in [0.05, 0.1) is 0 Å². The van der Waals surface area contributed by atoms with Gasteiger partial charge in [-0.05, 0) is 38.2 Å². The molecule has 0 unspecified atom stereocenters. The molecule has 23 heavy (non-hydrogen) atoms. The largest absolute Gasteiger partial charge is 0.353 e. The summed E-state index contributed by atoms with van der Waals surface area (Å²) in [6.07, 6.45) is 6.72. The van der Waals surface area contributed by atoms with E-state index < -0.39 is 0 Å². The number of aromatic nitrogens is 1. The first-order chi connectivity index (χ1) is 11.3. The summed E-state index contributed by atoms with van der Waals surface area (Å²) in [5.74, 6) is 1.19. The lowest BCUT2D eigenvalue weighted by atomic mass is 10.1. The summed E-state index contributed by atoms with van der Waals surface area (Å²) in [4.78, 5) is 6.30. The third-order valence-electron chi connectivity index (χ3n) is 4.39. The van der Waals surface area contributed by atoms with E-state index in [9.17, 15) is 0 Å². The van der Waals surface area contributed by atoms with Gasteiger partial charge in [-0.25, -0.2) is 0 Å². The first-order valence-corrected chi connectivity index (χ1v) is 9.44. The monoisotopic (exact) mass is 337 g/mol. The Kier molecular flexibility index (Phi) is 6.05. The van der Waals surface area contributed by atoms with Crippen LogP contribution in [0.3, 0.4) is 0 Å². The Hall–Kier alpha value is -0.950. The second kappa shape index (κ2) is 8.24. The summed E-state index contributed by atoms with van der Waals surface area (Å²) in [5, 5.41) is 0. The van der Waals surface area contributed by atoms with Crippen LogP contribution < -0.4 is 4.90 Å². The molecule has 0 spiro atoms. The molecule has 0 atom stereocenters. The number of fused-ring (bicyclic) bond motifs is 1.